The predicted octanol–water partition coefficient (Wildman–Crippen LogP) is 4.98. The smallest absolute Gasteiger partial charge is 0.234 e. The molecule has 0 unspecified atom stereocenters. The van der Waals surface area contributed by atoms with Crippen molar-refractivity contribution in [3.05, 3.63) is 84.4 Å². The summed E-state index contributed by atoms with van der Waals surface area (Å²) in [7, 11) is 1.64. The molecule has 6 nitrogen and oxygen atoms in total. The van der Waals surface area contributed by atoms with Gasteiger partial charge in [0.2, 0.25) is 5.91 Å². The van der Waals surface area contributed by atoms with Crippen molar-refractivity contribution in [1.82, 2.24) is 14.8 Å². The van der Waals surface area contributed by atoms with Gasteiger partial charge in [-0.3, -0.25) is 9.36 Å². The van der Waals surface area contributed by atoms with Gasteiger partial charge in [-0.05, 0) is 48.9 Å². The van der Waals surface area contributed by atoms with Crippen LogP contribution in [-0.4, -0.2) is 33.5 Å². The Morgan fingerprint density at radius 3 is 2.48 bits per heavy atom. The van der Waals surface area contributed by atoms with E-state index in [4.69, 9.17) is 4.74 Å². The standard InChI is InChI=1S/C24H22N4O2S/c1-17-7-6-10-19(15-17)25-22(29)16-31-24-27-26-23(18-8-4-3-5-9-18)28(24)20-11-13-21(30-2)14-12-20/h3-15H,16H2,1-2H3,(H,25,29). The number of hydrogen-bond acceptors (Lipinski definition) is 5. The maximum atomic E-state index is 12.5. The average molecular weight is 431 g/mol. The molecule has 0 aliphatic carbocycles. The van der Waals surface area contributed by atoms with E-state index in [2.05, 4.69) is 15.5 Å². The number of ether oxygens (including phenoxy) is 1. The SMILES string of the molecule is COc1ccc(-n2c(SCC(=O)Nc3cccc(C)c3)nnc2-c2ccccc2)cc1. The highest BCUT2D eigenvalue weighted by molar-refractivity contribution is 7.99. The van der Waals surface area contributed by atoms with Gasteiger partial charge in [0.1, 0.15) is 5.75 Å². The molecule has 1 amide bonds. The molecule has 31 heavy (non-hydrogen) atoms. The quantitative estimate of drug-likeness (QED) is 0.419. The van der Waals surface area contributed by atoms with E-state index in [-0.39, 0.29) is 11.7 Å². The van der Waals surface area contributed by atoms with Crippen LogP contribution in [0, 0.1) is 6.92 Å². The van der Waals surface area contributed by atoms with E-state index in [0.29, 0.717) is 11.0 Å². The van der Waals surface area contributed by atoms with Crippen molar-refractivity contribution in [2.45, 2.75) is 12.1 Å². The summed E-state index contributed by atoms with van der Waals surface area (Å²) in [6.45, 7) is 1.99. The molecule has 1 N–H and O–H groups in total. The fraction of sp³-hybridized carbons (Fsp3) is 0.125. The minimum absolute atomic E-state index is 0.0962. The molecule has 0 atom stereocenters. The fourth-order valence-electron chi connectivity index (χ4n) is 3.15. The van der Waals surface area contributed by atoms with E-state index < -0.39 is 0 Å². The molecule has 0 fully saturated rings. The van der Waals surface area contributed by atoms with Crippen LogP contribution in [0.1, 0.15) is 5.56 Å². The topological polar surface area (TPSA) is 69.0 Å². The van der Waals surface area contributed by atoms with Gasteiger partial charge in [-0.25, -0.2) is 0 Å². The summed E-state index contributed by atoms with van der Waals surface area (Å²) < 4.78 is 7.23. The molecule has 0 spiro atoms. The Kier molecular flexibility index (Phi) is 6.33. The Balaban J connectivity index is 1.59. The molecule has 4 aromatic rings. The van der Waals surface area contributed by atoms with Gasteiger partial charge in [0.05, 0.1) is 12.9 Å². The molecule has 156 valence electrons. The number of nitrogens with one attached hydrogen (secondary N) is 1. The number of hydrogen-bond donors (Lipinski definition) is 1. The van der Waals surface area contributed by atoms with Crippen LogP contribution in [0.15, 0.2) is 84.0 Å². The number of methoxy groups -OCH3 is 1. The highest BCUT2D eigenvalue weighted by Gasteiger charge is 2.17. The number of carbonyl (C=O) groups excluding carboxylic acids is 1. The Hall–Kier alpha value is -3.58. The van der Waals surface area contributed by atoms with Crippen LogP contribution in [0.4, 0.5) is 5.69 Å². The fourth-order valence-corrected chi connectivity index (χ4v) is 3.90. The number of aryl methyl sites for hydroxylation is 1. The van der Waals surface area contributed by atoms with Gasteiger partial charge in [0, 0.05) is 16.9 Å². The maximum absolute atomic E-state index is 12.5. The van der Waals surface area contributed by atoms with Crippen molar-refractivity contribution in [1.29, 1.82) is 0 Å². The first-order chi connectivity index (χ1) is 15.1. The maximum Gasteiger partial charge on any atom is 0.234 e. The van der Waals surface area contributed by atoms with Gasteiger partial charge in [-0.2, -0.15) is 0 Å². The highest BCUT2D eigenvalue weighted by atomic mass is 32.2. The van der Waals surface area contributed by atoms with Gasteiger partial charge in [0.15, 0.2) is 11.0 Å². The Bertz CT molecular complexity index is 1170. The molecule has 1 aromatic heterocycles. The van der Waals surface area contributed by atoms with Gasteiger partial charge >= 0.3 is 0 Å². The third-order valence-electron chi connectivity index (χ3n) is 4.63. The number of aromatic nitrogens is 3. The summed E-state index contributed by atoms with van der Waals surface area (Å²) in [5, 5.41) is 12.4. The lowest BCUT2D eigenvalue weighted by atomic mass is 10.2. The average Bonchev–Trinajstić information content (AvgIpc) is 3.22. The second-order valence-corrected chi connectivity index (χ2v) is 7.85. The van der Waals surface area contributed by atoms with E-state index in [1.54, 1.807) is 7.11 Å². The first-order valence-corrected chi connectivity index (χ1v) is 10.8. The molecule has 0 aliphatic heterocycles. The molecule has 0 aliphatic rings. The minimum Gasteiger partial charge on any atom is -0.497 e. The van der Waals surface area contributed by atoms with Crippen molar-refractivity contribution in [3.63, 3.8) is 0 Å². The monoisotopic (exact) mass is 430 g/mol. The van der Waals surface area contributed by atoms with Crippen molar-refractivity contribution >= 4 is 23.4 Å². The second kappa shape index (κ2) is 9.49. The lowest BCUT2D eigenvalue weighted by Crippen LogP contribution is -2.14. The lowest BCUT2D eigenvalue weighted by molar-refractivity contribution is -0.113. The lowest BCUT2D eigenvalue weighted by Gasteiger charge is -2.11. The Morgan fingerprint density at radius 2 is 1.77 bits per heavy atom. The third kappa shape index (κ3) is 4.95. The number of benzene rings is 3. The zero-order chi connectivity index (χ0) is 21.6. The number of rotatable bonds is 7. The normalized spacial score (nSPS) is 10.6. The molecule has 0 saturated carbocycles. The minimum atomic E-state index is -0.0962. The van der Waals surface area contributed by atoms with Crippen molar-refractivity contribution in [2.24, 2.45) is 0 Å². The number of carbonyl (C=O) groups is 1. The Morgan fingerprint density at radius 1 is 1.00 bits per heavy atom. The number of thioether (sulfide) groups is 1. The summed E-state index contributed by atoms with van der Waals surface area (Å²) in [5.74, 6) is 1.61. The summed E-state index contributed by atoms with van der Waals surface area (Å²) in [6.07, 6.45) is 0. The van der Waals surface area contributed by atoms with E-state index in [1.165, 1.54) is 11.8 Å². The summed E-state index contributed by atoms with van der Waals surface area (Å²) in [6, 6.07) is 25.3. The molecule has 0 saturated heterocycles. The summed E-state index contributed by atoms with van der Waals surface area (Å²) >= 11 is 1.34. The van der Waals surface area contributed by atoms with Gasteiger partial charge in [-0.15, -0.1) is 10.2 Å². The first kappa shape index (κ1) is 20.7. The first-order valence-electron chi connectivity index (χ1n) is 9.78. The van der Waals surface area contributed by atoms with Gasteiger partial charge in [-0.1, -0.05) is 54.2 Å². The van der Waals surface area contributed by atoms with Gasteiger partial charge in [0.25, 0.3) is 0 Å². The van der Waals surface area contributed by atoms with Crippen LogP contribution in [0.3, 0.4) is 0 Å². The van der Waals surface area contributed by atoms with E-state index in [9.17, 15) is 4.79 Å². The molecular weight excluding hydrogens is 408 g/mol. The van der Waals surface area contributed by atoms with Crippen LogP contribution in [-0.2, 0) is 4.79 Å². The largest absolute Gasteiger partial charge is 0.497 e. The van der Waals surface area contributed by atoms with Crippen LogP contribution in [0.25, 0.3) is 17.1 Å². The van der Waals surface area contributed by atoms with Crippen LogP contribution in [0.2, 0.25) is 0 Å². The zero-order valence-corrected chi connectivity index (χ0v) is 18.1. The summed E-state index contributed by atoms with van der Waals surface area (Å²) in [4.78, 5) is 12.5. The molecular formula is C24H22N4O2S. The molecule has 4 rings (SSSR count). The molecule has 3 aromatic carbocycles. The Labute approximate surface area is 185 Å². The number of amides is 1. The number of anilines is 1. The van der Waals surface area contributed by atoms with Crippen molar-refractivity contribution < 1.29 is 9.53 Å². The molecule has 7 heteroatoms. The van der Waals surface area contributed by atoms with E-state index in [1.807, 2.05) is 90.4 Å². The van der Waals surface area contributed by atoms with Crippen LogP contribution in [0.5, 0.6) is 5.75 Å². The van der Waals surface area contributed by atoms with Crippen molar-refractivity contribution in [2.75, 3.05) is 18.2 Å². The van der Waals surface area contributed by atoms with Crippen LogP contribution >= 0.6 is 11.8 Å². The van der Waals surface area contributed by atoms with Crippen molar-refractivity contribution in [3.8, 4) is 22.8 Å². The van der Waals surface area contributed by atoms with Crippen LogP contribution < -0.4 is 10.1 Å². The van der Waals surface area contributed by atoms with E-state index in [0.717, 1.165) is 28.3 Å². The van der Waals surface area contributed by atoms with E-state index >= 15 is 0 Å². The summed E-state index contributed by atoms with van der Waals surface area (Å²) in [5.41, 5.74) is 3.72. The predicted molar refractivity (Wildman–Crippen MR) is 124 cm³/mol. The third-order valence-corrected chi connectivity index (χ3v) is 5.56. The molecule has 0 radical (unpaired) electrons. The molecule has 0 bridgehead atoms. The number of nitrogens with zero attached hydrogens (tertiary/aromatic N) is 3. The highest BCUT2D eigenvalue weighted by Crippen LogP contribution is 2.29. The van der Waals surface area contributed by atoms with Gasteiger partial charge < -0.3 is 10.1 Å². The molecule has 1 heterocycles. The zero-order valence-electron chi connectivity index (χ0n) is 17.3. The second-order valence-electron chi connectivity index (χ2n) is 6.91.